The first kappa shape index (κ1) is 60.1. The first-order valence-corrected chi connectivity index (χ1v) is 27.5. The van der Waals surface area contributed by atoms with Crippen LogP contribution >= 0.6 is 0 Å². The average molecular weight is 931 g/mol. The summed E-state index contributed by atoms with van der Waals surface area (Å²) in [5.41, 5.74) is 0. The van der Waals surface area contributed by atoms with Gasteiger partial charge in [-0.1, -0.05) is 179 Å². The molecular formula is C51H94O12S. The largest absolute Gasteiger partial charge is 0.462 e. The summed E-state index contributed by atoms with van der Waals surface area (Å²) in [5.74, 6) is -1.98. The smallest absolute Gasteiger partial charge is 0.306 e. The molecule has 64 heavy (non-hydrogen) atoms. The Balaban J connectivity index is 2.35. The predicted octanol–water partition coefficient (Wildman–Crippen LogP) is 11.6. The first-order chi connectivity index (χ1) is 31.0. The lowest BCUT2D eigenvalue weighted by molar-refractivity contribution is -0.297. The Morgan fingerprint density at radius 2 is 0.891 bits per heavy atom. The molecule has 1 aliphatic rings. The molecule has 1 heterocycles. The summed E-state index contributed by atoms with van der Waals surface area (Å²) in [5, 5.41) is 31.0. The molecule has 0 aliphatic carbocycles. The van der Waals surface area contributed by atoms with E-state index in [4.69, 9.17) is 18.9 Å². The lowest BCUT2D eigenvalue weighted by atomic mass is 10.00. The molecule has 376 valence electrons. The molecule has 13 heteroatoms. The van der Waals surface area contributed by atoms with E-state index in [2.05, 4.69) is 38.2 Å². The fraction of sp³-hybridized carbons (Fsp3) is 0.882. The Kier molecular flexibility index (Phi) is 38.8. The molecule has 1 saturated heterocycles. The minimum Gasteiger partial charge on any atom is -0.462 e. The lowest BCUT2D eigenvalue weighted by Crippen LogP contribution is -2.60. The average Bonchev–Trinajstić information content (AvgIpc) is 3.26. The molecular weight excluding hydrogens is 837 g/mol. The van der Waals surface area contributed by atoms with Crippen molar-refractivity contribution in [3.63, 3.8) is 0 Å². The first-order valence-electron chi connectivity index (χ1n) is 25.9. The van der Waals surface area contributed by atoms with Gasteiger partial charge in [0.25, 0.3) is 10.1 Å². The summed E-state index contributed by atoms with van der Waals surface area (Å²) in [7, 11) is -4.60. The molecule has 0 aromatic heterocycles. The summed E-state index contributed by atoms with van der Waals surface area (Å²) in [4.78, 5) is 25.5. The van der Waals surface area contributed by atoms with Gasteiger partial charge in [0.1, 0.15) is 36.8 Å². The third-order valence-corrected chi connectivity index (χ3v) is 12.8. The van der Waals surface area contributed by atoms with Gasteiger partial charge < -0.3 is 34.3 Å². The number of aliphatic hydroxyl groups excluding tert-OH is 3. The topological polar surface area (TPSA) is 186 Å². The van der Waals surface area contributed by atoms with Crippen LogP contribution < -0.4 is 0 Å². The van der Waals surface area contributed by atoms with E-state index >= 15 is 0 Å². The monoisotopic (exact) mass is 931 g/mol. The highest BCUT2D eigenvalue weighted by Crippen LogP contribution is 2.24. The molecule has 0 spiro atoms. The van der Waals surface area contributed by atoms with Crippen molar-refractivity contribution in [2.45, 2.75) is 269 Å². The van der Waals surface area contributed by atoms with Crippen molar-refractivity contribution in [1.29, 1.82) is 0 Å². The summed E-state index contributed by atoms with van der Waals surface area (Å²) in [6.07, 6.45) is 37.9. The van der Waals surface area contributed by atoms with Crippen molar-refractivity contribution in [2.75, 3.05) is 19.0 Å². The molecule has 0 aromatic carbocycles. The van der Waals surface area contributed by atoms with Gasteiger partial charge in [-0.25, -0.2) is 0 Å². The van der Waals surface area contributed by atoms with E-state index in [9.17, 15) is 37.9 Å². The SMILES string of the molecule is CCCCCCCC/C=C/CCCCCCCCCCCCCC(=O)OC[C@H](CO[C@H]1O[C@H](CS(=O)(=O)O)[C@@H](O)C(O)C1O)OC(=O)CCCCCCC/C=C/CCCCCCCC. The van der Waals surface area contributed by atoms with Crippen LogP contribution in [-0.4, -0.2) is 96.0 Å². The van der Waals surface area contributed by atoms with Crippen LogP contribution in [0, 0.1) is 0 Å². The van der Waals surface area contributed by atoms with Crippen LogP contribution in [0.2, 0.25) is 0 Å². The number of rotatable bonds is 44. The Bertz CT molecular complexity index is 1270. The molecule has 1 fully saturated rings. The van der Waals surface area contributed by atoms with Crippen LogP contribution in [-0.2, 0) is 38.7 Å². The maximum atomic E-state index is 12.8. The fourth-order valence-electron chi connectivity index (χ4n) is 7.96. The van der Waals surface area contributed by atoms with Crippen LogP contribution in [0.4, 0.5) is 0 Å². The van der Waals surface area contributed by atoms with Gasteiger partial charge in [0.15, 0.2) is 12.4 Å². The number of allylic oxidation sites excluding steroid dienone is 4. The zero-order valence-corrected chi connectivity index (χ0v) is 41.2. The van der Waals surface area contributed by atoms with Crippen molar-refractivity contribution < 1.29 is 56.8 Å². The highest BCUT2D eigenvalue weighted by Gasteiger charge is 2.46. The minimum atomic E-state index is -4.60. The molecule has 0 saturated carbocycles. The normalized spacial score (nSPS) is 19.8. The van der Waals surface area contributed by atoms with Crippen LogP contribution in [0.5, 0.6) is 0 Å². The van der Waals surface area contributed by atoms with Gasteiger partial charge in [0, 0.05) is 12.8 Å². The third kappa shape index (κ3) is 35.3. The van der Waals surface area contributed by atoms with Gasteiger partial charge in [0.05, 0.1) is 6.61 Å². The van der Waals surface area contributed by atoms with E-state index in [1.165, 1.54) is 135 Å². The molecule has 2 unspecified atom stereocenters. The number of carbonyl (C=O) groups is 2. The summed E-state index contributed by atoms with van der Waals surface area (Å²) in [6, 6.07) is 0. The summed E-state index contributed by atoms with van der Waals surface area (Å²) in [6.45, 7) is 3.77. The molecule has 0 bridgehead atoms. The number of hydrogen-bond donors (Lipinski definition) is 4. The number of carbonyl (C=O) groups excluding carboxylic acids is 2. The minimum absolute atomic E-state index is 0.157. The number of aliphatic hydroxyl groups is 3. The van der Waals surface area contributed by atoms with E-state index in [1.54, 1.807) is 0 Å². The number of unbranched alkanes of at least 4 members (excludes halogenated alkanes) is 28. The Morgan fingerprint density at radius 3 is 1.30 bits per heavy atom. The van der Waals surface area contributed by atoms with Crippen molar-refractivity contribution in [3.8, 4) is 0 Å². The predicted molar refractivity (Wildman–Crippen MR) is 256 cm³/mol. The van der Waals surface area contributed by atoms with Gasteiger partial charge in [0.2, 0.25) is 0 Å². The van der Waals surface area contributed by atoms with E-state index in [-0.39, 0.29) is 19.4 Å². The second-order valence-corrected chi connectivity index (χ2v) is 19.7. The van der Waals surface area contributed by atoms with Gasteiger partial charge in [-0.05, 0) is 64.2 Å². The number of ether oxygens (including phenoxy) is 4. The maximum Gasteiger partial charge on any atom is 0.306 e. The molecule has 12 nitrogen and oxygen atoms in total. The summed E-state index contributed by atoms with van der Waals surface area (Å²) < 4.78 is 54.2. The van der Waals surface area contributed by atoms with Crippen molar-refractivity contribution in [2.24, 2.45) is 0 Å². The molecule has 0 aromatic rings. The van der Waals surface area contributed by atoms with Gasteiger partial charge >= 0.3 is 11.9 Å². The van der Waals surface area contributed by atoms with Crippen LogP contribution in [0.25, 0.3) is 0 Å². The Hall–Kier alpha value is -1.87. The highest BCUT2D eigenvalue weighted by molar-refractivity contribution is 7.85. The summed E-state index contributed by atoms with van der Waals surface area (Å²) >= 11 is 0. The zero-order valence-electron chi connectivity index (χ0n) is 40.4. The molecule has 4 N–H and O–H groups in total. The van der Waals surface area contributed by atoms with E-state index in [1.807, 2.05) is 0 Å². The van der Waals surface area contributed by atoms with E-state index in [0.717, 1.165) is 57.8 Å². The number of hydrogen-bond acceptors (Lipinski definition) is 11. The quantitative estimate of drug-likeness (QED) is 0.0196. The van der Waals surface area contributed by atoms with E-state index < -0.39 is 71.2 Å². The van der Waals surface area contributed by atoms with Crippen LogP contribution in [0.3, 0.4) is 0 Å². The third-order valence-electron chi connectivity index (χ3n) is 12.0. The molecule has 0 amide bonds. The van der Waals surface area contributed by atoms with Crippen molar-refractivity contribution >= 4 is 22.1 Å². The van der Waals surface area contributed by atoms with Gasteiger partial charge in [-0.3, -0.25) is 14.1 Å². The van der Waals surface area contributed by atoms with Crippen LogP contribution in [0.1, 0.15) is 232 Å². The molecule has 1 rings (SSSR count). The van der Waals surface area contributed by atoms with Crippen molar-refractivity contribution in [1.82, 2.24) is 0 Å². The van der Waals surface area contributed by atoms with Crippen LogP contribution in [0.15, 0.2) is 24.3 Å². The van der Waals surface area contributed by atoms with Gasteiger partial charge in [-0.2, -0.15) is 8.42 Å². The van der Waals surface area contributed by atoms with E-state index in [0.29, 0.717) is 12.8 Å². The molecule has 6 atom stereocenters. The second-order valence-electron chi connectivity index (χ2n) is 18.2. The lowest BCUT2D eigenvalue weighted by Gasteiger charge is -2.40. The molecule has 1 aliphatic heterocycles. The standard InChI is InChI=1S/C51H94O12S/c1-3-5-7-9-11-13-15-17-19-20-21-22-23-24-26-27-29-31-33-35-37-39-46(52)60-41-44(42-61-51-50(56)49(55)48(54)45(63-51)43-64(57,58)59)62-47(53)40-38-36-34-32-30-28-25-18-16-14-12-10-8-6-4-2/h17-19,25,44-45,48-51,54-56H,3-16,20-24,26-43H2,1-2H3,(H,57,58,59)/b19-17+,25-18+/t44-,45-,48-,49?,50?,51+/m1/s1. The zero-order chi connectivity index (χ0) is 46.9. The Labute approximate surface area is 389 Å². The second kappa shape index (κ2) is 41.3. The maximum absolute atomic E-state index is 12.8. The fourth-order valence-corrected chi connectivity index (χ4v) is 8.65. The molecule has 0 radical (unpaired) electrons. The van der Waals surface area contributed by atoms with Gasteiger partial charge in [-0.15, -0.1) is 0 Å². The Morgan fingerprint density at radius 1 is 0.516 bits per heavy atom. The number of esters is 2. The highest BCUT2D eigenvalue weighted by atomic mass is 32.2. The van der Waals surface area contributed by atoms with Crippen molar-refractivity contribution in [3.05, 3.63) is 24.3 Å².